The normalized spacial score (nSPS) is 19.4. The van der Waals surface area contributed by atoms with Gasteiger partial charge in [-0.3, -0.25) is 9.69 Å². The number of carbonyl (C=O) groups excluding carboxylic acids is 2. The summed E-state index contributed by atoms with van der Waals surface area (Å²) >= 11 is 0. The van der Waals surface area contributed by atoms with Crippen LogP contribution in [0.2, 0.25) is 0 Å². The van der Waals surface area contributed by atoms with Gasteiger partial charge in [0, 0.05) is 43.0 Å². The lowest BCUT2D eigenvalue weighted by atomic mass is 9.80. The number of benzene rings is 1. The zero-order chi connectivity index (χ0) is 20.7. The molecule has 2 aliphatic rings. The van der Waals surface area contributed by atoms with Gasteiger partial charge in [-0.2, -0.15) is 0 Å². The summed E-state index contributed by atoms with van der Waals surface area (Å²) < 4.78 is 5.53. The van der Waals surface area contributed by atoms with Crippen molar-refractivity contribution in [3.8, 4) is 0 Å². The van der Waals surface area contributed by atoms with Gasteiger partial charge in [-0.25, -0.2) is 4.79 Å². The number of urea groups is 1. The first-order valence-electron chi connectivity index (χ1n) is 10.8. The Kier molecular flexibility index (Phi) is 7.50. The van der Waals surface area contributed by atoms with Crippen molar-refractivity contribution in [3.05, 3.63) is 23.8 Å². The van der Waals surface area contributed by atoms with Crippen molar-refractivity contribution in [2.75, 3.05) is 43.5 Å². The van der Waals surface area contributed by atoms with Crippen LogP contribution in [0.3, 0.4) is 0 Å². The van der Waals surface area contributed by atoms with Gasteiger partial charge in [0.05, 0.1) is 13.2 Å². The largest absolute Gasteiger partial charge is 0.379 e. The van der Waals surface area contributed by atoms with Crippen LogP contribution in [0.4, 0.5) is 16.2 Å². The third-order valence-corrected chi connectivity index (χ3v) is 6.13. The third kappa shape index (κ3) is 5.70. The Bertz CT molecular complexity index is 710. The Labute approximate surface area is 173 Å². The number of amides is 3. The van der Waals surface area contributed by atoms with Gasteiger partial charge in [-0.15, -0.1) is 0 Å². The van der Waals surface area contributed by atoms with Gasteiger partial charge in [-0.1, -0.05) is 32.3 Å². The van der Waals surface area contributed by atoms with Crippen LogP contribution in [-0.4, -0.2) is 55.2 Å². The number of morpholine rings is 1. The molecule has 1 saturated heterocycles. The lowest BCUT2D eigenvalue weighted by Crippen LogP contribution is -2.60. The Morgan fingerprint density at radius 2 is 1.83 bits per heavy atom. The quantitative estimate of drug-likeness (QED) is 0.680. The molecule has 0 aromatic heterocycles. The van der Waals surface area contributed by atoms with Crippen molar-refractivity contribution in [1.29, 1.82) is 0 Å². The first-order valence-corrected chi connectivity index (χ1v) is 10.8. The summed E-state index contributed by atoms with van der Waals surface area (Å²) in [6, 6.07) is 5.35. The Morgan fingerprint density at radius 1 is 1.10 bits per heavy atom. The second-order valence-corrected chi connectivity index (χ2v) is 8.12. The van der Waals surface area contributed by atoms with Crippen LogP contribution < -0.4 is 16.0 Å². The van der Waals surface area contributed by atoms with Crippen LogP contribution in [-0.2, 0) is 9.53 Å². The fourth-order valence-corrected chi connectivity index (χ4v) is 4.35. The zero-order valence-corrected chi connectivity index (χ0v) is 17.7. The fraction of sp³-hybridized carbons (Fsp3) is 0.636. The van der Waals surface area contributed by atoms with Crippen molar-refractivity contribution in [2.24, 2.45) is 0 Å². The number of hydrogen-bond donors (Lipinski definition) is 3. The van der Waals surface area contributed by atoms with Gasteiger partial charge in [0.2, 0.25) is 5.91 Å². The number of nitrogens with zero attached hydrogens (tertiary/aromatic N) is 1. The number of rotatable bonds is 6. The van der Waals surface area contributed by atoms with E-state index in [0.29, 0.717) is 24.3 Å². The highest BCUT2D eigenvalue weighted by Crippen LogP contribution is 2.34. The molecule has 3 rings (SSSR count). The van der Waals surface area contributed by atoms with Crippen LogP contribution in [0, 0.1) is 6.92 Å². The molecule has 7 heteroatoms. The van der Waals surface area contributed by atoms with E-state index < -0.39 is 0 Å². The summed E-state index contributed by atoms with van der Waals surface area (Å²) in [6.45, 7) is 7.79. The molecule has 1 aliphatic carbocycles. The first kappa shape index (κ1) is 21.6. The minimum Gasteiger partial charge on any atom is -0.379 e. The summed E-state index contributed by atoms with van der Waals surface area (Å²) in [5.74, 6) is -0.0472. The van der Waals surface area contributed by atoms with E-state index in [1.165, 1.54) is 19.3 Å². The Hall–Kier alpha value is -2.12. The molecule has 1 aromatic carbocycles. The van der Waals surface area contributed by atoms with Crippen molar-refractivity contribution in [1.82, 2.24) is 10.2 Å². The van der Waals surface area contributed by atoms with Gasteiger partial charge >= 0.3 is 6.03 Å². The van der Waals surface area contributed by atoms with Crippen LogP contribution in [0.1, 0.15) is 51.0 Å². The van der Waals surface area contributed by atoms with Crippen molar-refractivity contribution >= 4 is 23.3 Å². The predicted molar refractivity (Wildman–Crippen MR) is 115 cm³/mol. The predicted octanol–water partition coefficient (Wildman–Crippen LogP) is 3.50. The molecule has 0 bridgehead atoms. The SMILES string of the molecule is CCC(=O)Nc1ccc(C)c(NC(=O)NCC2(N3CCOCC3)CCCCC2)c1. The van der Waals surface area contributed by atoms with E-state index in [0.717, 1.165) is 44.7 Å². The molecular formula is C22H34N4O3. The second kappa shape index (κ2) is 10.1. The molecule has 1 aromatic rings. The van der Waals surface area contributed by atoms with Crippen molar-refractivity contribution in [3.63, 3.8) is 0 Å². The van der Waals surface area contributed by atoms with Crippen molar-refractivity contribution in [2.45, 2.75) is 57.9 Å². The summed E-state index contributed by atoms with van der Waals surface area (Å²) in [5.41, 5.74) is 2.39. The maximum atomic E-state index is 12.7. The molecule has 1 aliphatic heterocycles. The molecule has 7 nitrogen and oxygen atoms in total. The molecule has 0 radical (unpaired) electrons. The summed E-state index contributed by atoms with van der Waals surface area (Å²) in [6.07, 6.45) is 6.34. The second-order valence-electron chi connectivity index (χ2n) is 8.12. The number of hydrogen-bond acceptors (Lipinski definition) is 4. The van der Waals surface area contributed by atoms with Gasteiger partial charge < -0.3 is 20.7 Å². The van der Waals surface area contributed by atoms with E-state index >= 15 is 0 Å². The maximum Gasteiger partial charge on any atom is 0.319 e. The highest BCUT2D eigenvalue weighted by molar-refractivity contribution is 5.94. The number of carbonyl (C=O) groups is 2. The highest BCUT2D eigenvalue weighted by atomic mass is 16.5. The standard InChI is InChI=1S/C22H34N4O3/c1-3-20(27)24-18-8-7-17(2)19(15-18)25-21(28)23-16-22(9-5-4-6-10-22)26-11-13-29-14-12-26/h7-8,15H,3-6,9-14,16H2,1-2H3,(H,24,27)(H2,23,25,28). The Morgan fingerprint density at radius 3 is 2.52 bits per heavy atom. The lowest BCUT2D eigenvalue weighted by molar-refractivity contribution is -0.115. The Balaban J connectivity index is 1.62. The molecule has 160 valence electrons. The van der Waals surface area contributed by atoms with E-state index in [-0.39, 0.29) is 17.5 Å². The number of anilines is 2. The van der Waals surface area contributed by atoms with E-state index in [4.69, 9.17) is 4.74 Å². The zero-order valence-electron chi connectivity index (χ0n) is 17.7. The molecule has 1 heterocycles. The third-order valence-electron chi connectivity index (χ3n) is 6.13. The van der Waals surface area contributed by atoms with Gasteiger partial charge in [-0.05, 0) is 37.5 Å². The topological polar surface area (TPSA) is 82.7 Å². The number of aryl methyl sites for hydroxylation is 1. The van der Waals surface area contributed by atoms with Crippen LogP contribution >= 0.6 is 0 Å². The van der Waals surface area contributed by atoms with Crippen LogP contribution in [0.5, 0.6) is 0 Å². The van der Waals surface area contributed by atoms with E-state index in [1.807, 2.05) is 26.0 Å². The van der Waals surface area contributed by atoms with E-state index in [9.17, 15) is 9.59 Å². The summed E-state index contributed by atoms with van der Waals surface area (Å²) in [4.78, 5) is 26.8. The average Bonchev–Trinajstić information content (AvgIpc) is 2.76. The number of ether oxygens (including phenoxy) is 1. The molecule has 2 fully saturated rings. The van der Waals surface area contributed by atoms with Crippen LogP contribution in [0.25, 0.3) is 0 Å². The monoisotopic (exact) mass is 402 g/mol. The van der Waals surface area contributed by atoms with Gasteiger partial charge in [0.25, 0.3) is 0 Å². The van der Waals surface area contributed by atoms with Crippen molar-refractivity contribution < 1.29 is 14.3 Å². The molecule has 1 saturated carbocycles. The van der Waals surface area contributed by atoms with E-state index in [1.54, 1.807) is 6.07 Å². The van der Waals surface area contributed by atoms with E-state index in [2.05, 4.69) is 20.9 Å². The summed E-state index contributed by atoms with van der Waals surface area (Å²) in [5, 5.41) is 8.91. The molecule has 3 amide bonds. The van der Waals surface area contributed by atoms with Crippen LogP contribution in [0.15, 0.2) is 18.2 Å². The minimum atomic E-state index is -0.203. The molecule has 0 atom stereocenters. The molecule has 3 N–H and O–H groups in total. The van der Waals surface area contributed by atoms with Gasteiger partial charge in [0.1, 0.15) is 0 Å². The first-order chi connectivity index (χ1) is 14.0. The highest BCUT2D eigenvalue weighted by Gasteiger charge is 2.38. The average molecular weight is 403 g/mol. The van der Waals surface area contributed by atoms with Gasteiger partial charge in [0.15, 0.2) is 0 Å². The lowest BCUT2D eigenvalue weighted by Gasteiger charge is -2.48. The molecule has 29 heavy (non-hydrogen) atoms. The summed E-state index contributed by atoms with van der Waals surface area (Å²) in [7, 11) is 0. The molecule has 0 unspecified atom stereocenters. The number of nitrogens with one attached hydrogen (secondary N) is 3. The fourth-order valence-electron chi connectivity index (χ4n) is 4.35. The molecular weight excluding hydrogens is 368 g/mol. The smallest absolute Gasteiger partial charge is 0.319 e. The maximum absolute atomic E-state index is 12.7. The minimum absolute atomic E-state index is 0.0331. The molecule has 0 spiro atoms.